The van der Waals surface area contributed by atoms with Crippen LogP contribution in [0.15, 0.2) is 16.5 Å². The summed E-state index contributed by atoms with van der Waals surface area (Å²) in [5, 5.41) is 0.312. The van der Waals surface area contributed by atoms with Gasteiger partial charge >= 0.3 is 0 Å². The summed E-state index contributed by atoms with van der Waals surface area (Å²) in [5.41, 5.74) is 6.24. The fourth-order valence-electron chi connectivity index (χ4n) is 1.54. The van der Waals surface area contributed by atoms with E-state index in [9.17, 15) is 8.78 Å². The van der Waals surface area contributed by atoms with Crippen LogP contribution in [0.5, 0.6) is 0 Å². The lowest BCUT2D eigenvalue weighted by atomic mass is 10.1. The van der Waals surface area contributed by atoms with Gasteiger partial charge in [0, 0.05) is 17.7 Å². The first-order valence-corrected chi connectivity index (χ1v) is 4.20. The Kier molecular flexibility index (Phi) is 2.00. The zero-order valence-electron chi connectivity index (χ0n) is 7.60. The fraction of sp³-hybridized carbons (Fsp3) is 0.200. The lowest BCUT2D eigenvalue weighted by Gasteiger charge is -1.93. The van der Waals surface area contributed by atoms with Gasteiger partial charge in [-0.2, -0.15) is 0 Å². The highest BCUT2D eigenvalue weighted by molar-refractivity contribution is 5.82. The number of halogens is 2. The fourth-order valence-corrected chi connectivity index (χ4v) is 1.54. The lowest BCUT2D eigenvalue weighted by molar-refractivity contribution is 0.541. The Morgan fingerprint density at radius 2 is 2.07 bits per heavy atom. The van der Waals surface area contributed by atoms with Crippen molar-refractivity contribution in [3.63, 3.8) is 0 Å². The van der Waals surface area contributed by atoms with Gasteiger partial charge in [-0.15, -0.1) is 0 Å². The number of hydrogen-bond donors (Lipinski definition) is 1. The molecule has 0 aliphatic heterocycles. The SMILES string of the molecule is Cc1c(CN)oc2cc(F)cc(F)c12. The average molecular weight is 197 g/mol. The Morgan fingerprint density at radius 3 is 2.71 bits per heavy atom. The van der Waals surface area contributed by atoms with E-state index in [-0.39, 0.29) is 12.1 Å². The van der Waals surface area contributed by atoms with Gasteiger partial charge in [-0.05, 0) is 6.92 Å². The van der Waals surface area contributed by atoms with E-state index in [1.807, 2.05) is 0 Å². The van der Waals surface area contributed by atoms with Crippen LogP contribution in [0.1, 0.15) is 11.3 Å². The topological polar surface area (TPSA) is 39.2 Å². The summed E-state index contributed by atoms with van der Waals surface area (Å²) in [7, 11) is 0. The molecule has 14 heavy (non-hydrogen) atoms. The van der Waals surface area contributed by atoms with Crippen LogP contribution >= 0.6 is 0 Å². The predicted molar refractivity (Wildman–Crippen MR) is 48.8 cm³/mol. The molecule has 2 aromatic rings. The van der Waals surface area contributed by atoms with Crippen LogP contribution in [-0.2, 0) is 6.54 Å². The van der Waals surface area contributed by atoms with Crippen LogP contribution in [-0.4, -0.2) is 0 Å². The highest BCUT2D eigenvalue weighted by Crippen LogP contribution is 2.28. The zero-order chi connectivity index (χ0) is 10.3. The molecule has 1 heterocycles. The summed E-state index contributed by atoms with van der Waals surface area (Å²) < 4.78 is 31.3. The minimum absolute atomic E-state index is 0.182. The molecule has 2 nitrogen and oxygen atoms in total. The maximum Gasteiger partial charge on any atom is 0.140 e. The number of aryl methyl sites for hydroxylation is 1. The molecular formula is C10H9F2NO. The first kappa shape index (κ1) is 9.15. The molecule has 74 valence electrons. The normalized spacial score (nSPS) is 11.1. The van der Waals surface area contributed by atoms with Gasteiger partial charge < -0.3 is 10.2 Å². The molecule has 0 aliphatic carbocycles. The van der Waals surface area contributed by atoms with Gasteiger partial charge in [0.05, 0.1) is 11.9 Å². The number of benzene rings is 1. The van der Waals surface area contributed by atoms with Crippen molar-refractivity contribution >= 4 is 11.0 Å². The van der Waals surface area contributed by atoms with E-state index in [4.69, 9.17) is 10.2 Å². The summed E-state index contributed by atoms with van der Waals surface area (Å²) >= 11 is 0. The van der Waals surface area contributed by atoms with E-state index in [1.54, 1.807) is 6.92 Å². The van der Waals surface area contributed by atoms with Crippen molar-refractivity contribution in [3.05, 3.63) is 35.1 Å². The zero-order valence-corrected chi connectivity index (χ0v) is 7.60. The van der Waals surface area contributed by atoms with Crippen molar-refractivity contribution in [2.75, 3.05) is 0 Å². The molecule has 2 N–H and O–H groups in total. The lowest BCUT2D eigenvalue weighted by Crippen LogP contribution is -1.95. The van der Waals surface area contributed by atoms with Gasteiger partial charge in [0.25, 0.3) is 0 Å². The second-order valence-corrected chi connectivity index (χ2v) is 3.12. The third-order valence-corrected chi connectivity index (χ3v) is 2.23. The van der Waals surface area contributed by atoms with Crippen molar-refractivity contribution in [1.82, 2.24) is 0 Å². The minimum Gasteiger partial charge on any atom is -0.459 e. The number of nitrogens with two attached hydrogens (primary N) is 1. The van der Waals surface area contributed by atoms with Crippen LogP contribution in [0.4, 0.5) is 8.78 Å². The van der Waals surface area contributed by atoms with Crippen molar-refractivity contribution in [2.45, 2.75) is 13.5 Å². The van der Waals surface area contributed by atoms with Crippen molar-refractivity contribution in [1.29, 1.82) is 0 Å². The van der Waals surface area contributed by atoms with E-state index in [0.717, 1.165) is 12.1 Å². The average Bonchev–Trinajstić information content (AvgIpc) is 2.42. The van der Waals surface area contributed by atoms with Crippen LogP contribution in [0.2, 0.25) is 0 Å². The summed E-state index contributed by atoms with van der Waals surface area (Å²) in [6, 6.07) is 2.00. The molecule has 0 atom stereocenters. The Hall–Kier alpha value is -1.42. The predicted octanol–water partition coefficient (Wildman–Crippen LogP) is 2.48. The molecular weight excluding hydrogens is 188 g/mol. The highest BCUT2D eigenvalue weighted by Gasteiger charge is 2.14. The third kappa shape index (κ3) is 1.19. The largest absolute Gasteiger partial charge is 0.459 e. The molecule has 0 radical (unpaired) electrons. The number of hydrogen-bond acceptors (Lipinski definition) is 2. The molecule has 0 bridgehead atoms. The Balaban J connectivity index is 2.85. The maximum atomic E-state index is 13.3. The third-order valence-electron chi connectivity index (χ3n) is 2.23. The van der Waals surface area contributed by atoms with Crippen LogP contribution < -0.4 is 5.73 Å². The summed E-state index contributed by atoms with van der Waals surface area (Å²) in [5.74, 6) is -0.766. The molecule has 2 rings (SSSR count). The molecule has 1 aromatic heterocycles. The maximum absolute atomic E-state index is 13.3. The summed E-state index contributed by atoms with van der Waals surface area (Å²) in [6.07, 6.45) is 0. The van der Waals surface area contributed by atoms with E-state index in [1.165, 1.54) is 0 Å². The molecule has 0 fully saturated rings. The van der Waals surface area contributed by atoms with Crippen molar-refractivity contribution < 1.29 is 13.2 Å². The number of furan rings is 1. The van der Waals surface area contributed by atoms with Gasteiger partial charge in [0.1, 0.15) is 23.0 Å². The first-order chi connectivity index (χ1) is 6.63. The van der Waals surface area contributed by atoms with Crippen LogP contribution in [0, 0.1) is 18.6 Å². The molecule has 0 amide bonds. The molecule has 0 aliphatic rings. The van der Waals surface area contributed by atoms with E-state index < -0.39 is 11.6 Å². The standard InChI is InChI=1S/C10H9F2NO/c1-5-9(4-13)14-8-3-6(11)2-7(12)10(5)8/h2-3H,4,13H2,1H3. The molecule has 0 spiro atoms. The van der Waals surface area contributed by atoms with Gasteiger partial charge in [-0.1, -0.05) is 0 Å². The second kappa shape index (κ2) is 3.06. The molecule has 0 unspecified atom stereocenters. The van der Waals surface area contributed by atoms with Crippen molar-refractivity contribution in [2.24, 2.45) is 5.73 Å². The van der Waals surface area contributed by atoms with E-state index in [2.05, 4.69) is 0 Å². The van der Waals surface area contributed by atoms with Crippen molar-refractivity contribution in [3.8, 4) is 0 Å². The Bertz CT molecular complexity index is 490. The summed E-state index contributed by atoms with van der Waals surface area (Å²) in [4.78, 5) is 0. The first-order valence-electron chi connectivity index (χ1n) is 4.20. The van der Waals surface area contributed by atoms with Gasteiger partial charge in [-0.3, -0.25) is 0 Å². The minimum atomic E-state index is -0.646. The molecule has 4 heteroatoms. The van der Waals surface area contributed by atoms with Crippen LogP contribution in [0.3, 0.4) is 0 Å². The van der Waals surface area contributed by atoms with Gasteiger partial charge in [0.2, 0.25) is 0 Å². The van der Waals surface area contributed by atoms with E-state index >= 15 is 0 Å². The molecule has 1 aromatic carbocycles. The smallest absolute Gasteiger partial charge is 0.140 e. The number of rotatable bonds is 1. The Labute approximate surface area is 79.3 Å². The van der Waals surface area contributed by atoms with E-state index in [0.29, 0.717) is 16.7 Å². The quantitative estimate of drug-likeness (QED) is 0.762. The monoisotopic (exact) mass is 197 g/mol. The van der Waals surface area contributed by atoms with Gasteiger partial charge in [0.15, 0.2) is 0 Å². The highest BCUT2D eigenvalue weighted by atomic mass is 19.1. The summed E-state index contributed by atoms with van der Waals surface area (Å²) in [6.45, 7) is 1.89. The van der Waals surface area contributed by atoms with Crippen LogP contribution in [0.25, 0.3) is 11.0 Å². The molecule has 0 saturated heterocycles. The van der Waals surface area contributed by atoms with Gasteiger partial charge in [-0.25, -0.2) is 8.78 Å². The molecule has 0 saturated carbocycles. The number of fused-ring (bicyclic) bond motifs is 1. The Morgan fingerprint density at radius 1 is 1.36 bits per heavy atom. The second-order valence-electron chi connectivity index (χ2n) is 3.12.